The predicted molar refractivity (Wildman–Crippen MR) is 50.6 cm³/mol. The second-order valence-corrected chi connectivity index (χ2v) is 3.61. The molecular weight excluding hydrogens is 132 g/mol. The molecule has 0 heteroatoms. The van der Waals surface area contributed by atoms with Gasteiger partial charge in [0.05, 0.1) is 0 Å². The van der Waals surface area contributed by atoms with E-state index in [1.54, 1.807) is 5.57 Å². The van der Waals surface area contributed by atoms with Crippen LogP contribution in [-0.4, -0.2) is 0 Å². The van der Waals surface area contributed by atoms with Gasteiger partial charge in [-0.15, -0.1) is 0 Å². The minimum Gasteiger partial charge on any atom is -0.0850 e. The summed E-state index contributed by atoms with van der Waals surface area (Å²) in [6, 6.07) is 0. The molecule has 11 heavy (non-hydrogen) atoms. The van der Waals surface area contributed by atoms with Crippen molar-refractivity contribution in [3.05, 3.63) is 11.6 Å². The monoisotopic (exact) mass is 152 g/mol. The molecule has 1 rings (SSSR count). The first kappa shape index (κ1) is 8.83. The molecule has 0 heterocycles. The predicted octanol–water partition coefficient (Wildman–Crippen LogP) is 3.92. The highest BCUT2D eigenvalue weighted by Crippen LogP contribution is 2.41. The molecule has 1 atom stereocenters. The van der Waals surface area contributed by atoms with Gasteiger partial charge in [0.1, 0.15) is 0 Å². The average molecular weight is 152 g/mol. The Balaban J connectivity index is 2.05. The van der Waals surface area contributed by atoms with Gasteiger partial charge >= 0.3 is 0 Å². The highest BCUT2D eigenvalue weighted by Gasteiger charge is 2.27. The highest BCUT2D eigenvalue weighted by molar-refractivity contribution is 5.22. The molecule has 0 aromatic rings. The summed E-state index contributed by atoms with van der Waals surface area (Å²) in [4.78, 5) is 0. The van der Waals surface area contributed by atoms with E-state index >= 15 is 0 Å². The first-order chi connectivity index (χ1) is 5.38. The van der Waals surface area contributed by atoms with Crippen LogP contribution in [0.3, 0.4) is 0 Å². The Morgan fingerprint density at radius 3 is 2.82 bits per heavy atom. The van der Waals surface area contributed by atoms with Gasteiger partial charge in [0.2, 0.25) is 0 Å². The molecule has 0 bridgehead atoms. The van der Waals surface area contributed by atoms with E-state index in [9.17, 15) is 0 Å². The van der Waals surface area contributed by atoms with Gasteiger partial charge < -0.3 is 0 Å². The van der Waals surface area contributed by atoms with Gasteiger partial charge in [0.15, 0.2) is 0 Å². The normalized spacial score (nSPS) is 26.0. The van der Waals surface area contributed by atoms with Gasteiger partial charge in [0.25, 0.3) is 0 Å². The van der Waals surface area contributed by atoms with Crippen LogP contribution in [0.25, 0.3) is 0 Å². The fourth-order valence-corrected chi connectivity index (χ4v) is 1.54. The number of hydrogen-bond donors (Lipinski definition) is 0. The van der Waals surface area contributed by atoms with Crippen molar-refractivity contribution in [2.45, 2.75) is 52.4 Å². The minimum absolute atomic E-state index is 1.00. The van der Waals surface area contributed by atoms with Crippen molar-refractivity contribution in [2.75, 3.05) is 0 Å². The molecule has 0 aliphatic heterocycles. The van der Waals surface area contributed by atoms with E-state index in [0.29, 0.717) is 0 Å². The molecule has 1 saturated carbocycles. The van der Waals surface area contributed by atoms with Crippen LogP contribution in [0.4, 0.5) is 0 Å². The Bertz CT molecular complexity index is 133. The third-order valence-corrected chi connectivity index (χ3v) is 2.45. The highest BCUT2D eigenvalue weighted by atomic mass is 14.3. The van der Waals surface area contributed by atoms with E-state index in [0.717, 1.165) is 5.92 Å². The van der Waals surface area contributed by atoms with E-state index in [-0.39, 0.29) is 0 Å². The second kappa shape index (κ2) is 4.58. The van der Waals surface area contributed by atoms with Crippen molar-refractivity contribution >= 4 is 0 Å². The van der Waals surface area contributed by atoms with Gasteiger partial charge in [-0.1, -0.05) is 44.8 Å². The minimum atomic E-state index is 1.00. The van der Waals surface area contributed by atoms with Gasteiger partial charge in [-0.3, -0.25) is 0 Å². The molecule has 1 aliphatic carbocycles. The van der Waals surface area contributed by atoms with Crippen LogP contribution in [0, 0.1) is 5.92 Å². The van der Waals surface area contributed by atoms with Gasteiger partial charge in [0, 0.05) is 0 Å². The number of allylic oxidation sites excluding steroid dienone is 2. The summed E-state index contributed by atoms with van der Waals surface area (Å²) in [6.07, 6.45) is 10.7. The molecule has 64 valence electrons. The van der Waals surface area contributed by atoms with Crippen LogP contribution < -0.4 is 0 Å². The number of hydrogen-bond acceptors (Lipinski definition) is 0. The molecule has 0 aromatic carbocycles. The van der Waals surface area contributed by atoms with E-state index in [1.807, 2.05) is 0 Å². The maximum atomic E-state index is 2.46. The zero-order valence-corrected chi connectivity index (χ0v) is 7.90. The zero-order valence-electron chi connectivity index (χ0n) is 7.90. The second-order valence-electron chi connectivity index (χ2n) is 3.61. The molecule has 0 N–H and O–H groups in total. The average Bonchev–Trinajstić information content (AvgIpc) is 2.76. The molecule has 1 fully saturated rings. The summed E-state index contributed by atoms with van der Waals surface area (Å²) in [5.74, 6) is 1.00. The Labute approximate surface area is 70.7 Å². The van der Waals surface area contributed by atoms with Crippen molar-refractivity contribution in [1.82, 2.24) is 0 Å². The topological polar surface area (TPSA) is 0 Å². The lowest BCUT2D eigenvalue weighted by Crippen LogP contribution is -1.75. The summed E-state index contributed by atoms with van der Waals surface area (Å²) in [5, 5.41) is 0. The third kappa shape index (κ3) is 3.09. The molecule has 0 radical (unpaired) electrons. The van der Waals surface area contributed by atoms with Crippen LogP contribution in [-0.2, 0) is 0 Å². The lowest BCUT2D eigenvalue weighted by molar-refractivity contribution is 0.668. The summed E-state index contributed by atoms with van der Waals surface area (Å²) in [7, 11) is 0. The van der Waals surface area contributed by atoms with E-state index in [1.165, 1.54) is 38.5 Å². The summed E-state index contributed by atoms with van der Waals surface area (Å²) >= 11 is 0. The summed E-state index contributed by atoms with van der Waals surface area (Å²) < 4.78 is 0. The SMILES string of the molecule is CCCC=C1CC1CCCC. The first-order valence-electron chi connectivity index (χ1n) is 5.07. The van der Waals surface area contributed by atoms with Gasteiger partial charge in [-0.25, -0.2) is 0 Å². The Morgan fingerprint density at radius 2 is 2.18 bits per heavy atom. The van der Waals surface area contributed by atoms with Crippen LogP contribution in [0.5, 0.6) is 0 Å². The smallest absolute Gasteiger partial charge is 0.0166 e. The Kier molecular flexibility index (Phi) is 3.68. The molecular formula is C11H20. The van der Waals surface area contributed by atoms with E-state index in [2.05, 4.69) is 19.9 Å². The molecule has 0 aromatic heterocycles. The van der Waals surface area contributed by atoms with Crippen molar-refractivity contribution in [2.24, 2.45) is 5.92 Å². The Hall–Kier alpha value is -0.260. The van der Waals surface area contributed by atoms with Gasteiger partial charge in [-0.2, -0.15) is 0 Å². The Morgan fingerprint density at radius 1 is 1.36 bits per heavy atom. The van der Waals surface area contributed by atoms with Gasteiger partial charge in [-0.05, 0) is 25.2 Å². The molecule has 0 saturated heterocycles. The molecule has 1 aliphatic rings. The standard InChI is InChI=1S/C11H20/c1-3-5-7-10-9-11(10)8-6-4-2/h7,11H,3-6,8-9H2,1-2H3. The summed E-state index contributed by atoms with van der Waals surface area (Å²) in [6.45, 7) is 4.53. The zero-order chi connectivity index (χ0) is 8.10. The molecule has 0 nitrogen and oxygen atoms in total. The van der Waals surface area contributed by atoms with E-state index in [4.69, 9.17) is 0 Å². The van der Waals surface area contributed by atoms with Crippen LogP contribution in [0.1, 0.15) is 52.4 Å². The number of rotatable bonds is 5. The van der Waals surface area contributed by atoms with Crippen LogP contribution in [0.2, 0.25) is 0 Å². The van der Waals surface area contributed by atoms with Crippen molar-refractivity contribution in [1.29, 1.82) is 0 Å². The first-order valence-corrected chi connectivity index (χ1v) is 5.07. The largest absolute Gasteiger partial charge is 0.0850 e. The maximum absolute atomic E-state index is 2.46. The molecule has 0 amide bonds. The van der Waals surface area contributed by atoms with E-state index < -0.39 is 0 Å². The lowest BCUT2D eigenvalue weighted by Gasteiger charge is -1.90. The van der Waals surface area contributed by atoms with Crippen molar-refractivity contribution in [3.8, 4) is 0 Å². The summed E-state index contributed by atoms with van der Waals surface area (Å²) in [5.41, 5.74) is 1.75. The lowest BCUT2D eigenvalue weighted by atomic mass is 10.2. The number of unbranched alkanes of at least 4 members (excludes halogenated alkanes) is 2. The molecule has 1 unspecified atom stereocenters. The quantitative estimate of drug-likeness (QED) is 0.524. The van der Waals surface area contributed by atoms with Crippen LogP contribution >= 0.6 is 0 Å². The third-order valence-electron chi connectivity index (χ3n) is 2.45. The maximum Gasteiger partial charge on any atom is -0.0166 e. The van der Waals surface area contributed by atoms with Crippen LogP contribution in [0.15, 0.2) is 11.6 Å². The fraction of sp³-hybridized carbons (Fsp3) is 0.818. The fourth-order valence-electron chi connectivity index (χ4n) is 1.54. The van der Waals surface area contributed by atoms with Crippen molar-refractivity contribution in [3.63, 3.8) is 0 Å². The van der Waals surface area contributed by atoms with Crippen molar-refractivity contribution < 1.29 is 0 Å². The molecule has 0 spiro atoms.